The van der Waals surface area contributed by atoms with Gasteiger partial charge < -0.3 is 29.8 Å². The first-order valence-electron chi connectivity index (χ1n) is 9.99. The third-order valence-electron chi connectivity index (χ3n) is 5.40. The topological polar surface area (TPSA) is 125 Å². The maximum Gasteiger partial charge on any atom is 0.316 e. The predicted octanol–water partition coefficient (Wildman–Crippen LogP) is 2.17. The van der Waals surface area contributed by atoms with Gasteiger partial charge in [-0.2, -0.15) is 0 Å². The van der Waals surface area contributed by atoms with E-state index in [2.05, 4.69) is 10.5 Å². The molecule has 1 aromatic heterocycles. The van der Waals surface area contributed by atoms with Gasteiger partial charge in [-0.05, 0) is 52.2 Å². The van der Waals surface area contributed by atoms with E-state index >= 15 is 0 Å². The molecule has 164 valence electrons. The summed E-state index contributed by atoms with van der Waals surface area (Å²) in [6.07, 6.45) is 0. The largest absolute Gasteiger partial charge is 0.508 e. The van der Waals surface area contributed by atoms with Crippen molar-refractivity contribution >= 4 is 18.9 Å². The Balaban J connectivity index is 2.59. The number of aliphatic hydroxyl groups is 1. The van der Waals surface area contributed by atoms with E-state index in [1.54, 1.807) is 40.7 Å². The minimum atomic E-state index is -1.15. The van der Waals surface area contributed by atoms with Crippen LogP contribution in [0.15, 0.2) is 16.7 Å². The zero-order valence-corrected chi connectivity index (χ0v) is 18.7. The van der Waals surface area contributed by atoms with Gasteiger partial charge >= 0.3 is 7.48 Å². The van der Waals surface area contributed by atoms with Crippen LogP contribution in [0.2, 0.25) is 0 Å². The Kier molecular flexibility index (Phi) is 6.88. The zero-order chi connectivity index (χ0) is 22.9. The zero-order valence-electron chi connectivity index (χ0n) is 18.7. The van der Waals surface area contributed by atoms with Crippen molar-refractivity contribution < 1.29 is 29.3 Å². The highest BCUT2D eigenvalue weighted by Gasteiger charge is 2.37. The molecule has 0 aliphatic heterocycles. The molecule has 0 radical (unpaired) electrons. The highest BCUT2D eigenvalue weighted by Crippen LogP contribution is 2.37. The van der Waals surface area contributed by atoms with Crippen LogP contribution in [0.25, 0.3) is 11.3 Å². The fourth-order valence-electron chi connectivity index (χ4n) is 2.74. The number of aromatic nitrogens is 1. The lowest BCUT2D eigenvalue weighted by Crippen LogP contribution is -2.49. The van der Waals surface area contributed by atoms with Gasteiger partial charge in [0.1, 0.15) is 11.5 Å². The number of carbonyl (C=O) groups is 1. The van der Waals surface area contributed by atoms with Crippen LogP contribution in [0.4, 0.5) is 0 Å². The fourth-order valence-corrected chi connectivity index (χ4v) is 2.74. The predicted molar refractivity (Wildman–Crippen MR) is 116 cm³/mol. The van der Waals surface area contributed by atoms with Crippen molar-refractivity contribution in [3.8, 4) is 22.8 Å². The molecule has 0 unspecified atom stereocenters. The second kappa shape index (κ2) is 8.69. The molecule has 0 fully saturated rings. The number of hydrogen-bond acceptors (Lipinski definition) is 7. The number of amides is 1. The number of nitrogens with zero attached hydrogens (tertiary/aromatic N) is 1. The number of phenolic OH excluding ortho intramolecular Hbond substituents is 2. The molecule has 1 amide bonds. The SMILES string of the molecule is CCNC(=O)c1noc(-c2cc(C(C)C)c(O)cc2O)c1BOC(C)(C)C(C)(C)O. The van der Waals surface area contributed by atoms with Crippen LogP contribution in [0.1, 0.15) is 70.4 Å². The average Bonchev–Trinajstić information content (AvgIpc) is 3.02. The number of benzene rings is 1. The highest BCUT2D eigenvalue weighted by atomic mass is 16.5. The van der Waals surface area contributed by atoms with Crippen LogP contribution < -0.4 is 10.8 Å². The van der Waals surface area contributed by atoms with E-state index < -0.39 is 17.1 Å². The molecule has 2 rings (SSSR count). The second-order valence-corrected chi connectivity index (χ2v) is 8.64. The summed E-state index contributed by atoms with van der Waals surface area (Å²) in [5, 5.41) is 37.6. The first-order chi connectivity index (χ1) is 13.8. The van der Waals surface area contributed by atoms with Crippen LogP contribution in [0.5, 0.6) is 11.5 Å². The minimum absolute atomic E-state index is 0.0102. The quantitative estimate of drug-likeness (QED) is 0.484. The van der Waals surface area contributed by atoms with E-state index in [4.69, 9.17) is 9.18 Å². The van der Waals surface area contributed by atoms with Gasteiger partial charge in [-0.25, -0.2) is 0 Å². The Morgan fingerprint density at radius 2 is 1.87 bits per heavy atom. The van der Waals surface area contributed by atoms with Crippen LogP contribution in [-0.4, -0.2) is 51.6 Å². The molecule has 0 spiro atoms. The van der Waals surface area contributed by atoms with Gasteiger partial charge in [0.2, 0.25) is 0 Å². The second-order valence-electron chi connectivity index (χ2n) is 8.64. The van der Waals surface area contributed by atoms with Gasteiger partial charge in [0.15, 0.2) is 11.5 Å². The molecule has 30 heavy (non-hydrogen) atoms. The maximum absolute atomic E-state index is 12.5. The number of hydrogen-bond donors (Lipinski definition) is 4. The molecule has 0 saturated heterocycles. The van der Waals surface area contributed by atoms with Crippen molar-refractivity contribution in [2.75, 3.05) is 6.54 Å². The minimum Gasteiger partial charge on any atom is -0.508 e. The molecule has 4 N–H and O–H groups in total. The van der Waals surface area contributed by atoms with Crippen LogP contribution >= 0.6 is 0 Å². The molecule has 1 heterocycles. The summed E-state index contributed by atoms with van der Waals surface area (Å²) < 4.78 is 11.4. The molecule has 0 aliphatic rings. The van der Waals surface area contributed by atoms with E-state index in [1.165, 1.54) is 6.07 Å². The Labute approximate surface area is 177 Å². The average molecular weight is 418 g/mol. The normalized spacial score (nSPS) is 12.3. The van der Waals surface area contributed by atoms with Crippen molar-refractivity contribution in [2.45, 2.75) is 65.6 Å². The van der Waals surface area contributed by atoms with E-state index in [0.717, 1.165) is 0 Å². The highest BCUT2D eigenvalue weighted by molar-refractivity contribution is 6.51. The Bertz CT molecular complexity index is 915. The van der Waals surface area contributed by atoms with Crippen molar-refractivity contribution in [3.05, 3.63) is 23.4 Å². The first-order valence-corrected chi connectivity index (χ1v) is 9.99. The monoisotopic (exact) mass is 418 g/mol. The van der Waals surface area contributed by atoms with Gasteiger partial charge in [0.05, 0.1) is 16.8 Å². The number of rotatable bonds is 8. The van der Waals surface area contributed by atoms with E-state index in [9.17, 15) is 20.1 Å². The Morgan fingerprint density at radius 3 is 2.40 bits per heavy atom. The molecule has 0 atom stereocenters. The lowest BCUT2D eigenvalue weighted by atomic mass is 9.79. The summed E-state index contributed by atoms with van der Waals surface area (Å²) in [7, 11) is -0.0837. The van der Waals surface area contributed by atoms with Crippen LogP contribution in [0, 0.1) is 0 Å². The van der Waals surface area contributed by atoms with Gasteiger partial charge in [-0.15, -0.1) is 0 Å². The van der Waals surface area contributed by atoms with Gasteiger partial charge in [-0.1, -0.05) is 19.0 Å². The molecule has 9 heteroatoms. The lowest BCUT2D eigenvalue weighted by Gasteiger charge is -2.37. The van der Waals surface area contributed by atoms with Crippen LogP contribution in [-0.2, 0) is 4.65 Å². The smallest absolute Gasteiger partial charge is 0.316 e. The third-order valence-corrected chi connectivity index (χ3v) is 5.40. The molecular weight excluding hydrogens is 387 g/mol. The summed E-state index contributed by atoms with van der Waals surface area (Å²) in [4.78, 5) is 12.5. The van der Waals surface area contributed by atoms with E-state index in [-0.39, 0.29) is 36.4 Å². The fraction of sp³-hybridized carbons (Fsp3) is 0.524. The van der Waals surface area contributed by atoms with Gasteiger partial charge in [-0.3, -0.25) is 4.79 Å². The first kappa shape index (κ1) is 23.8. The summed E-state index contributed by atoms with van der Waals surface area (Å²) in [5.74, 6) is -0.519. The summed E-state index contributed by atoms with van der Waals surface area (Å²) in [6, 6.07) is 2.85. The van der Waals surface area contributed by atoms with E-state index in [1.807, 2.05) is 13.8 Å². The van der Waals surface area contributed by atoms with Crippen molar-refractivity contribution in [3.63, 3.8) is 0 Å². The summed E-state index contributed by atoms with van der Waals surface area (Å²) in [5.41, 5.74) is -0.811. The lowest BCUT2D eigenvalue weighted by molar-refractivity contribution is -0.0893. The Morgan fingerprint density at radius 1 is 1.23 bits per heavy atom. The van der Waals surface area contributed by atoms with Crippen LogP contribution in [0.3, 0.4) is 0 Å². The molecule has 8 nitrogen and oxygen atoms in total. The number of nitrogens with one attached hydrogen (secondary N) is 1. The Hall–Kier alpha value is -2.52. The van der Waals surface area contributed by atoms with Crippen molar-refractivity contribution in [1.82, 2.24) is 10.5 Å². The molecule has 1 aromatic carbocycles. The van der Waals surface area contributed by atoms with Gasteiger partial charge in [0, 0.05) is 18.1 Å². The summed E-state index contributed by atoms with van der Waals surface area (Å²) >= 11 is 0. The van der Waals surface area contributed by atoms with Crippen molar-refractivity contribution in [2.24, 2.45) is 0 Å². The van der Waals surface area contributed by atoms with Gasteiger partial charge in [0.25, 0.3) is 5.91 Å². The number of phenols is 2. The third kappa shape index (κ3) is 4.79. The number of carbonyl (C=O) groups excluding carboxylic acids is 1. The molecular formula is C21H31BN2O6. The molecule has 0 aliphatic carbocycles. The molecule has 0 bridgehead atoms. The van der Waals surface area contributed by atoms with E-state index in [0.29, 0.717) is 23.1 Å². The van der Waals surface area contributed by atoms with Crippen molar-refractivity contribution in [1.29, 1.82) is 0 Å². The maximum atomic E-state index is 12.5. The number of aromatic hydroxyl groups is 2. The molecule has 0 saturated carbocycles. The molecule has 2 aromatic rings. The summed E-state index contributed by atoms with van der Waals surface area (Å²) in [6.45, 7) is 12.7. The standard InChI is InChI=1S/C21H31BN2O6/c1-8-23-19(27)17-16(22-30-21(6,7)20(4,5)28)18(29-24-17)13-9-12(11(2)3)14(25)10-15(13)26/h9-11,22,25-26,28H,8H2,1-7H3,(H,23,27).